The molecule has 0 amide bonds. The minimum Gasteiger partial charge on any atom is -0.469 e. The van der Waals surface area contributed by atoms with Crippen molar-refractivity contribution in [2.45, 2.75) is 26.2 Å². The number of rotatable bonds is 3. The number of carbonyl (C=O) groups excluding carboxylic acids is 1. The SMILES string of the molecule is COC(=O)[C@H](C)C[NH+]1CCCCC1. The molecule has 0 spiro atoms. The minimum absolute atomic E-state index is 0.0538. The molecule has 1 heterocycles. The second-order valence-electron chi connectivity index (χ2n) is 3.94. The monoisotopic (exact) mass is 186 g/mol. The maximum absolute atomic E-state index is 11.1. The van der Waals surface area contributed by atoms with Crippen molar-refractivity contribution in [1.29, 1.82) is 0 Å². The van der Waals surface area contributed by atoms with Gasteiger partial charge in [-0.1, -0.05) is 0 Å². The van der Waals surface area contributed by atoms with Crippen LogP contribution in [0.15, 0.2) is 0 Å². The first kappa shape index (κ1) is 10.5. The summed E-state index contributed by atoms with van der Waals surface area (Å²) < 4.78 is 4.70. The summed E-state index contributed by atoms with van der Waals surface area (Å²) in [5, 5.41) is 0. The van der Waals surface area contributed by atoms with Gasteiger partial charge in [-0.05, 0) is 26.2 Å². The second-order valence-corrected chi connectivity index (χ2v) is 3.94. The van der Waals surface area contributed by atoms with Gasteiger partial charge in [0.2, 0.25) is 0 Å². The van der Waals surface area contributed by atoms with E-state index in [1.807, 2.05) is 6.92 Å². The number of esters is 1. The maximum atomic E-state index is 11.1. The number of hydrogen-bond acceptors (Lipinski definition) is 2. The molecule has 1 fully saturated rings. The molecule has 1 rings (SSSR count). The maximum Gasteiger partial charge on any atom is 0.314 e. The molecule has 0 unspecified atom stereocenters. The Kier molecular flexibility index (Phi) is 4.22. The van der Waals surface area contributed by atoms with Crippen LogP contribution >= 0.6 is 0 Å². The molecule has 76 valence electrons. The summed E-state index contributed by atoms with van der Waals surface area (Å²) in [6.07, 6.45) is 3.97. The molecule has 1 aliphatic heterocycles. The van der Waals surface area contributed by atoms with Gasteiger partial charge in [-0.25, -0.2) is 0 Å². The van der Waals surface area contributed by atoms with E-state index in [0.29, 0.717) is 0 Å². The summed E-state index contributed by atoms with van der Waals surface area (Å²) in [5.41, 5.74) is 0. The number of ether oxygens (including phenoxy) is 1. The van der Waals surface area contributed by atoms with Crippen LogP contribution in [0.1, 0.15) is 26.2 Å². The fourth-order valence-corrected chi connectivity index (χ4v) is 1.97. The van der Waals surface area contributed by atoms with Crippen molar-refractivity contribution in [3.63, 3.8) is 0 Å². The van der Waals surface area contributed by atoms with Gasteiger partial charge in [0, 0.05) is 0 Å². The Morgan fingerprint density at radius 1 is 1.38 bits per heavy atom. The predicted octanol–water partition coefficient (Wildman–Crippen LogP) is -0.136. The van der Waals surface area contributed by atoms with Gasteiger partial charge in [-0.15, -0.1) is 0 Å². The molecule has 0 aromatic heterocycles. The Morgan fingerprint density at radius 3 is 2.54 bits per heavy atom. The largest absolute Gasteiger partial charge is 0.469 e. The van der Waals surface area contributed by atoms with Crippen LogP contribution < -0.4 is 4.90 Å². The molecule has 0 aliphatic carbocycles. The summed E-state index contributed by atoms with van der Waals surface area (Å²) in [4.78, 5) is 12.7. The van der Waals surface area contributed by atoms with Gasteiger partial charge < -0.3 is 9.64 Å². The van der Waals surface area contributed by atoms with Crippen LogP contribution in [-0.2, 0) is 9.53 Å². The average molecular weight is 186 g/mol. The molecule has 0 bridgehead atoms. The van der Waals surface area contributed by atoms with E-state index in [9.17, 15) is 4.79 Å². The van der Waals surface area contributed by atoms with Gasteiger partial charge >= 0.3 is 5.97 Å². The zero-order valence-electron chi connectivity index (χ0n) is 8.64. The molecular formula is C10H20NO2+. The molecule has 1 atom stereocenters. The van der Waals surface area contributed by atoms with Crippen molar-refractivity contribution in [3.8, 4) is 0 Å². The standard InChI is InChI=1S/C10H19NO2/c1-9(10(12)13-2)8-11-6-4-3-5-7-11/h9H,3-8H2,1-2H3/p+1/t9-/m1/s1. The summed E-state index contributed by atoms with van der Waals surface area (Å²) in [5.74, 6) is -0.0174. The van der Waals surface area contributed by atoms with Gasteiger partial charge in [-0.3, -0.25) is 4.79 Å². The van der Waals surface area contributed by atoms with Crippen LogP contribution in [0.2, 0.25) is 0 Å². The van der Waals surface area contributed by atoms with Gasteiger partial charge in [0.15, 0.2) is 0 Å². The highest BCUT2D eigenvalue weighted by Crippen LogP contribution is 1.97. The molecule has 1 saturated heterocycles. The quantitative estimate of drug-likeness (QED) is 0.622. The van der Waals surface area contributed by atoms with E-state index in [-0.39, 0.29) is 11.9 Å². The first-order valence-electron chi connectivity index (χ1n) is 5.15. The summed E-state index contributed by atoms with van der Waals surface area (Å²) in [7, 11) is 1.46. The molecule has 1 aliphatic rings. The Bertz CT molecular complexity index is 164. The predicted molar refractivity (Wildman–Crippen MR) is 50.6 cm³/mol. The fourth-order valence-electron chi connectivity index (χ4n) is 1.97. The third-order valence-electron chi connectivity index (χ3n) is 2.76. The number of hydrogen-bond donors (Lipinski definition) is 1. The molecule has 13 heavy (non-hydrogen) atoms. The highest BCUT2D eigenvalue weighted by atomic mass is 16.5. The van der Waals surface area contributed by atoms with E-state index in [2.05, 4.69) is 0 Å². The van der Waals surface area contributed by atoms with E-state index in [0.717, 1.165) is 6.54 Å². The van der Waals surface area contributed by atoms with Crippen LogP contribution in [0.3, 0.4) is 0 Å². The molecule has 0 aromatic carbocycles. The van der Waals surface area contributed by atoms with Gasteiger partial charge in [0.25, 0.3) is 0 Å². The Hall–Kier alpha value is -0.570. The van der Waals surface area contributed by atoms with E-state index in [1.54, 1.807) is 4.90 Å². The highest BCUT2D eigenvalue weighted by molar-refractivity contribution is 5.71. The first-order chi connectivity index (χ1) is 6.24. The van der Waals surface area contributed by atoms with Crippen molar-refractivity contribution >= 4 is 5.97 Å². The van der Waals surface area contributed by atoms with E-state index in [4.69, 9.17) is 4.74 Å². The lowest BCUT2D eigenvalue weighted by Crippen LogP contribution is -3.13. The number of methoxy groups -OCH3 is 1. The van der Waals surface area contributed by atoms with E-state index >= 15 is 0 Å². The van der Waals surface area contributed by atoms with Crippen molar-refractivity contribution < 1.29 is 14.4 Å². The molecular weight excluding hydrogens is 166 g/mol. The third-order valence-corrected chi connectivity index (χ3v) is 2.76. The van der Waals surface area contributed by atoms with Gasteiger partial charge in [0.05, 0.1) is 26.7 Å². The lowest BCUT2D eigenvalue weighted by molar-refractivity contribution is -0.907. The Balaban J connectivity index is 2.25. The molecule has 3 heteroatoms. The van der Waals surface area contributed by atoms with Gasteiger partial charge in [0.1, 0.15) is 5.92 Å². The summed E-state index contributed by atoms with van der Waals surface area (Å²) in [6, 6.07) is 0. The molecule has 0 saturated carbocycles. The van der Waals surface area contributed by atoms with Crippen molar-refractivity contribution in [2.24, 2.45) is 5.92 Å². The lowest BCUT2D eigenvalue weighted by atomic mass is 10.1. The lowest BCUT2D eigenvalue weighted by Gasteiger charge is -2.25. The zero-order valence-corrected chi connectivity index (χ0v) is 8.64. The Labute approximate surface area is 80.1 Å². The van der Waals surface area contributed by atoms with E-state index < -0.39 is 0 Å². The van der Waals surface area contributed by atoms with Crippen molar-refractivity contribution in [3.05, 3.63) is 0 Å². The molecule has 0 aromatic rings. The number of piperidine rings is 1. The summed E-state index contributed by atoms with van der Waals surface area (Å²) in [6.45, 7) is 5.34. The molecule has 0 radical (unpaired) electrons. The van der Waals surface area contributed by atoms with Gasteiger partial charge in [-0.2, -0.15) is 0 Å². The number of likely N-dealkylation sites (tertiary alicyclic amines) is 1. The normalized spacial score (nSPS) is 21.1. The smallest absolute Gasteiger partial charge is 0.314 e. The van der Waals surface area contributed by atoms with Crippen molar-refractivity contribution in [1.82, 2.24) is 0 Å². The number of nitrogens with one attached hydrogen (secondary N) is 1. The van der Waals surface area contributed by atoms with Crippen molar-refractivity contribution in [2.75, 3.05) is 26.7 Å². The van der Waals surface area contributed by atoms with E-state index in [1.165, 1.54) is 39.5 Å². The fraction of sp³-hybridized carbons (Fsp3) is 0.900. The van der Waals surface area contributed by atoms with Crippen LogP contribution in [0.5, 0.6) is 0 Å². The second kappa shape index (κ2) is 5.22. The first-order valence-corrected chi connectivity index (χ1v) is 5.15. The molecule has 3 nitrogen and oxygen atoms in total. The third kappa shape index (κ3) is 3.35. The molecule has 1 N–H and O–H groups in total. The summed E-state index contributed by atoms with van der Waals surface area (Å²) >= 11 is 0. The topological polar surface area (TPSA) is 30.7 Å². The van der Waals surface area contributed by atoms with Crippen LogP contribution in [0, 0.1) is 5.92 Å². The Morgan fingerprint density at radius 2 is 2.00 bits per heavy atom. The van der Waals surface area contributed by atoms with Crippen LogP contribution in [0.25, 0.3) is 0 Å². The minimum atomic E-state index is -0.0712. The average Bonchev–Trinajstić information content (AvgIpc) is 2.18. The number of carbonyl (C=O) groups is 1. The van der Waals surface area contributed by atoms with Crippen LogP contribution in [-0.4, -0.2) is 32.7 Å². The van der Waals surface area contributed by atoms with Crippen LogP contribution in [0.4, 0.5) is 0 Å². The zero-order chi connectivity index (χ0) is 9.68. The number of quaternary nitrogens is 1. The highest BCUT2D eigenvalue weighted by Gasteiger charge is 2.21.